The second-order valence-electron chi connectivity index (χ2n) is 3.63. The Bertz CT molecular complexity index is 606. The Morgan fingerprint density at radius 3 is 2.78 bits per heavy atom. The standard InChI is InChI=1S/C12H9NO4S/c1-8-2-3-12(11(4-8)13(15)16)17-9-5-10(6-14)18-7-9/h2-7H,1H3. The third-order valence-corrected chi connectivity index (χ3v) is 3.09. The van der Waals surface area contributed by atoms with Gasteiger partial charge in [-0.2, -0.15) is 0 Å². The molecule has 5 nitrogen and oxygen atoms in total. The average molecular weight is 263 g/mol. The van der Waals surface area contributed by atoms with Crippen molar-refractivity contribution in [3.8, 4) is 11.5 Å². The van der Waals surface area contributed by atoms with Crippen molar-refractivity contribution < 1.29 is 14.5 Å². The van der Waals surface area contributed by atoms with Gasteiger partial charge in [-0.05, 0) is 18.6 Å². The Hall–Kier alpha value is -2.21. The van der Waals surface area contributed by atoms with Crippen LogP contribution >= 0.6 is 11.3 Å². The van der Waals surface area contributed by atoms with Crippen LogP contribution in [0.1, 0.15) is 15.2 Å². The number of nitro groups is 1. The molecular formula is C12H9NO4S. The van der Waals surface area contributed by atoms with E-state index in [1.54, 1.807) is 30.5 Å². The van der Waals surface area contributed by atoms with E-state index in [4.69, 9.17) is 4.74 Å². The highest BCUT2D eigenvalue weighted by Gasteiger charge is 2.16. The van der Waals surface area contributed by atoms with Gasteiger partial charge in [0.05, 0.1) is 9.80 Å². The molecule has 0 aliphatic heterocycles. The van der Waals surface area contributed by atoms with E-state index in [0.29, 0.717) is 16.9 Å². The fourth-order valence-corrected chi connectivity index (χ4v) is 2.04. The first-order valence-electron chi connectivity index (χ1n) is 5.07. The van der Waals surface area contributed by atoms with Crippen LogP contribution in [0.25, 0.3) is 0 Å². The molecule has 1 aromatic carbocycles. The van der Waals surface area contributed by atoms with Crippen LogP contribution in [-0.2, 0) is 0 Å². The summed E-state index contributed by atoms with van der Waals surface area (Å²) in [4.78, 5) is 21.5. The molecule has 92 valence electrons. The van der Waals surface area contributed by atoms with Gasteiger partial charge in [-0.15, -0.1) is 11.3 Å². The van der Waals surface area contributed by atoms with Gasteiger partial charge >= 0.3 is 5.69 Å². The topological polar surface area (TPSA) is 69.4 Å². The van der Waals surface area contributed by atoms with Gasteiger partial charge in [-0.25, -0.2) is 0 Å². The number of benzene rings is 1. The van der Waals surface area contributed by atoms with Crippen molar-refractivity contribution >= 4 is 23.3 Å². The zero-order chi connectivity index (χ0) is 13.1. The van der Waals surface area contributed by atoms with E-state index in [-0.39, 0.29) is 11.4 Å². The van der Waals surface area contributed by atoms with Gasteiger partial charge in [0.25, 0.3) is 0 Å². The van der Waals surface area contributed by atoms with E-state index in [1.165, 1.54) is 17.4 Å². The van der Waals surface area contributed by atoms with Crippen LogP contribution < -0.4 is 4.74 Å². The van der Waals surface area contributed by atoms with Gasteiger partial charge in [0.1, 0.15) is 5.75 Å². The second-order valence-corrected chi connectivity index (χ2v) is 4.58. The van der Waals surface area contributed by atoms with Crippen LogP contribution in [0.2, 0.25) is 0 Å². The first-order chi connectivity index (χ1) is 8.60. The average Bonchev–Trinajstić information content (AvgIpc) is 2.79. The maximum atomic E-state index is 10.9. The molecule has 0 aliphatic carbocycles. The van der Waals surface area contributed by atoms with Crippen molar-refractivity contribution in [2.45, 2.75) is 6.92 Å². The summed E-state index contributed by atoms with van der Waals surface area (Å²) in [7, 11) is 0. The maximum absolute atomic E-state index is 10.9. The summed E-state index contributed by atoms with van der Waals surface area (Å²) in [6, 6.07) is 6.27. The van der Waals surface area contributed by atoms with Crippen molar-refractivity contribution in [3.63, 3.8) is 0 Å². The number of carbonyl (C=O) groups excluding carboxylic acids is 1. The number of thiophene rings is 1. The normalized spacial score (nSPS) is 10.1. The first-order valence-corrected chi connectivity index (χ1v) is 5.94. The highest BCUT2D eigenvalue weighted by molar-refractivity contribution is 7.11. The Morgan fingerprint density at radius 2 is 2.17 bits per heavy atom. The van der Waals surface area contributed by atoms with Crippen LogP contribution in [0.4, 0.5) is 5.69 Å². The van der Waals surface area contributed by atoms with Crippen molar-refractivity contribution in [3.05, 3.63) is 50.2 Å². The maximum Gasteiger partial charge on any atom is 0.311 e. The van der Waals surface area contributed by atoms with E-state index >= 15 is 0 Å². The lowest BCUT2D eigenvalue weighted by Gasteiger charge is -2.04. The van der Waals surface area contributed by atoms with E-state index < -0.39 is 4.92 Å². The second kappa shape index (κ2) is 4.97. The smallest absolute Gasteiger partial charge is 0.311 e. The van der Waals surface area contributed by atoms with Crippen LogP contribution in [-0.4, -0.2) is 11.2 Å². The number of rotatable bonds is 4. The molecule has 0 amide bonds. The molecule has 0 aliphatic rings. The molecule has 0 unspecified atom stereocenters. The molecular weight excluding hydrogens is 254 g/mol. The summed E-state index contributed by atoms with van der Waals surface area (Å²) < 4.78 is 5.42. The lowest BCUT2D eigenvalue weighted by Crippen LogP contribution is -1.93. The molecule has 0 radical (unpaired) electrons. The molecule has 0 spiro atoms. The van der Waals surface area contributed by atoms with E-state index in [2.05, 4.69) is 0 Å². The minimum atomic E-state index is -0.491. The molecule has 0 saturated carbocycles. The number of carbonyl (C=O) groups is 1. The molecule has 0 saturated heterocycles. The minimum absolute atomic E-state index is 0.0890. The van der Waals surface area contributed by atoms with Crippen LogP contribution in [0.15, 0.2) is 29.6 Å². The number of nitro benzene ring substituents is 1. The van der Waals surface area contributed by atoms with Gasteiger partial charge < -0.3 is 4.74 Å². The SMILES string of the molecule is Cc1ccc(Oc2csc(C=O)c2)c([N+](=O)[O-])c1. The molecule has 0 bridgehead atoms. The first kappa shape index (κ1) is 12.3. The molecule has 1 aromatic heterocycles. The number of aldehydes is 1. The van der Waals surface area contributed by atoms with Crippen LogP contribution in [0, 0.1) is 17.0 Å². The molecule has 0 fully saturated rings. The minimum Gasteiger partial charge on any atom is -0.449 e. The lowest BCUT2D eigenvalue weighted by atomic mass is 10.2. The molecule has 1 heterocycles. The van der Waals surface area contributed by atoms with E-state index in [9.17, 15) is 14.9 Å². The number of hydrogen-bond acceptors (Lipinski definition) is 5. The molecule has 6 heteroatoms. The van der Waals surface area contributed by atoms with Crippen LogP contribution in [0.3, 0.4) is 0 Å². The van der Waals surface area contributed by atoms with Gasteiger partial charge in [-0.3, -0.25) is 14.9 Å². The molecule has 18 heavy (non-hydrogen) atoms. The van der Waals surface area contributed by atoms with Crippen molar-refractivity contribution in [1.29, 1.82) is 0 Å². The predicted molar refractivity (Wildman–Crippen MR) is 67.6 cm³/mol. The van der Waals surface area contributed by atoms with Gasteiger partial charge in [0.15, 0.2) is 6.29 Å². The van der Waals surface area contributed by atoms with Crippen molar-refractivity contribution in [1.82, 2.24) is 0 Å². The Kier molecular flexibility index (Phi) is 3.38. The number of nitrogens with zero attached hydrogens (tertiary/aromatic N) is 1. The predicted octanol–water partition coefficient (Wildman–Crippen LogP) is 3.57. The lowest BCUT2D eigenvalue weighted by molar-refractivity contribution is -0.385. The molecule has 0 N–H and O–H groups in total. The summed E-state index contributed by atoms with van der Waals surface area (Å²) in [6.45, 7) is 1.77. The summed E-state index contributed by atoms with van der Waals surface area (Å²) in [6.07, 6.45) is 0.709. The van der Waals surface area contributed by atoms with E-state index in [1.807, 2.05) is 0 Å². The zero-order valence-corrected chi connectivity index (χ0v) is 10.3. The highest BCUT2D eigenvalue weighted by Crippen LogP contribution is 2.33. The van der Waals surface area contributed by atoms with E-state index in [0.717, 1.165) is 5.56 Å². The Labute approximate surface area is 107 Å². The molecule has 2 rings (SSSR count). The number of ether oxygens (including phenoxy) is 1. The summed E-state index contributed by atoms with van der Waals surface area (Å²) in [5, 5.41) is 12.5. The summed E-state index contributed by atoms with van der Waals surface area (Å²) in [5.41, 5.74) is 0.696. The van der Waals surface area contributed by atoms with Crippen molar-refractivity contribution in [2.24, 2.45) is 0 Å². The zero-order valence-electron chi connectivity index (χ0n) is 9.45. The van der Waals surface area contributed by atoms with Gasteiger partial charge in [-0.1, -0.05) is 6.07 Å². The highest BCUT2D eigenvalue weighted by atomic mass is 32.1. The monoisotopic (exact) mass is 263 g/mol. The quantitative estimate of drug-likeness (QED) is 0.480. The van der Waals surface area contributed by atoms with Gasteiger partial charge in [0, 0.05) is 17.5 Å². The third kappa shape index (κ3) is 2.54. The Morgan fingerprint density at radius 1 is 1.39 bits per heavy atom. The molecule has 2 aromatic rings. The Balaban J connectivity index is 2.33. The summed E-state index contributed by atoms with van der Waals surface area (Å²) in [5.74, 6) is 0.593. The van der Waals surface area contributed by atoms with Gasteiger partial charge in [0.2, 0.25) is 5.75 Å². The van der Waals surface area contributed by atoms with Crippen LogP contribution in [0.5, 0.6) is 11.5 Å². The summed E-state index contributed by atoms with van der Waals surface area (Å²) >= 11 is 1.22. The molecule has 0 atom stereocenters. The largest absolute Gasteiger partial charge is 0.449 e. The third-order valence-electron chi connectivity index (χ3n) is 2.25. The number of hydrogen-bond donors (Lipinski definition) is 0. The fourth-order valence-electron chi connectivity index (χ4n) is 1.43. The number of aryl methyl sites for hydroxylation is 1. The van der Waals surface area contributed by atoms with Crippen molar-refractivity contribution in [2.75, 3.05) is 0 Å². The fraction of sp³-hybridized carbons (Fsp3) is 0.0833.